The fourth-order valence-electron chi connectivity index (χ4n) is 2.63. The molecule has 1 aromatic carbocycles. The van der Waals surface area contributed by atoms with Crippen molar-refractivity contribution in [3.05, 3.63) is 46.6 Å². The molecule has 1 fully saturated rings. The highest BCUT2D eigenvalue weighted by Gasteiger charge is 2.26. The molecule has 1 aromatic heterocycles. The van der Waals surface area contributed by atoms with Crippen molar-refractivity contribution < 1.29 is 5.11 Å². The van der Waals surface area contributed by atoms with Gasteiger partial charge < -0.3 is 15.7 Å². The summed E-state index contributed by atoms with van der Waals surface area (Å²) in [6.45, 7) is 4.79. The summed E-state index contributed by atoms with van der Waals surface area (Å²) in [6.07, 6.45) is 2.35. The quantitative estimate of drug-likeness (QED) is 0.662. The summed E-state index contributed by atoms with van der Waals surface area (Å²) in [5.74, 6) is 2.16. The van der Waals surface area contributed by atoms with E-state index in [9.17, 15) is 5.11 Å². The molecule has 1 saturated carbocycles. The minimum atomic E-state index is -0.0640. The second-order valence-electron chi connectivity index (χ2n) is 6.90. The van der Waals surface area contributed by atoms with Gasteiger partial charge in [0.2, 0.25) is 5.95 Å². The van der Waals surface area contributed by atoms with Crippen LogP contribution in [0.1, 0.15) is 43.9 Å². The van der Waals surface area contributed by atoms with Crippen molar-refractivity contribution in [2.75, 3.05) is 17.2 Å². The lowest BCUT2D eigenvalue weighted by molar-refractivity contribution is 0.248. The Morgan fingerprint density at radius 3 is 2.64 bits per heavy atom. The van der Waals surface area contributed by atoms with E-state index in [1.807, 2.05) is 30.3 Å². The first kappa shape index (κ1) is 18.0. The van der Waals surface area contributed by atoms with Gasteiger partial charge in [-0.25, -0.2) is 4.98 Å². The van der Waals surface area contributed by atoms with Crippen molar-refractivity contribution in [1.82, 2.24) is 9.97 Å². The Bertz CT molecular complexity index is 718. The number of hydrogen-bond acceptors (Lipinski definition) is 5. The van der Waals surface area contributed by atoms with Crippen molar-refractivity contribution in [2.24, 2.45) is 5.92 Å². The smallest absolute Gasteiger partial charge is 0.225 e. The highest BCUT2D eigenvalue weighted by molar-refractivity contribution is 6.31. The fraction of sp³-hybridized carbons (Fsp3) is 0.474. The number of anilines is 2. The van der Waals surface area contributed by atoms with Crippen LogP contribution < -0.4 is 10.6 Å². The molecule has 0 bridgehead atoms. The van der Waals surface area contributed by atoms with Gasteiger partial charge in [-0.15, -0.1) is 0 Å². The van der Waals surface area contributed by atoms with E-state index in [-0.39, 0.29) is 18.6 Å². The molecular formula is C19H25ClN4O. The lowest BCUT2D eigenvalue weighted by Crippen LogP contribution is -2.30. The minimum absolute atomic E-state index is 0.0526. The molecule has 0 amide bonds. The van der Waals surface area contributed by atoms with E-state index >= 15 is 0 Å². The Kier molecular flexibility index (Phi) is 5.76. The third-order valence-corrected chi connectivity index (χ3v) is 4.84. The number of hydrogen-bond donors (Lipinski definition) is 3. The second-order valence-corrected chi connectivity index (χ2v) is 7.31. The molecule has 134 valence electrons. The van der Waals surface area contributed by atoms with Gasteiger partial charge in [-0.1, -0.05) is 43.6 Å². The lowest BCUT2D eigenvalue weighted by atomic mass is 10.1. The summed E-state index contributed by atoms with van der Waals surface area (Å²) in [5.41, 5.74) is 2.08. The first-order valence-corrected chi connectivity index (χ1v) is 9.18. The van der Waals surface area contributed by atoms with Crippen LogP contribution in [0.15, 0.2) is 30.3 Å². The average molecular weight is 361 g/mol. The normalized spacial score (nSPS) is 15.2. The SMILES string of the molecule is CC(C)[C@@H](CO)Nc1nc(NCc2ccccc2Cl)cc(C2CC2)n1. The number of nitrogens with zero attached hydrogens (tertiary/aromatic N) is 2. The van der Waals surface area contributed by atoms with Gasteiger partial charge in [0.15, 0.2) is 0 Å². The molecular weight excluding hydrogens is 336 g/mol. The third-order valence-electron chi connectivity index (χ3n) is 4.48. The molecule has 5 nitrogen and oxygen atoms in total. The van der Waals surface area contributed by atoms with Gasteiger partial charge in [-0.2, -0.15) is 4.98 Å². The van der Waals surface area contributed by atoms with E-state index < -0.39 is 0 Å². The van der Waals surface area contributed by atoms with Gasteiger partial charge >= 0.3 is 0 Å². The number of halogens is 1. The van der Waals surface area contributed by atoms with E-state index in [1.54, 1.807) is 0 Å². The van der Waals surface area contributed by atoms with E-state index in [1.165, 1.54) is 12.8 Å². The average Bonchev–Trinajstić information content (AvgIpc) is 3.43. The lowest BCUT2D eigenvalue weighted by Gasteiger charge is -2.20. The summed E-state index contributed by atoms with van der Waals surface area (Å²) in [7, 11) is 0. The Labute approximate surface area is 153 Å². The molecule has 0 unspecified atom stereocenters. The van der Waals surface area contributed by atoms with Crippen LogP contribution in [-0.4, -0.2) is 27.7 Å². The first-order valence-electron chi connectivity index (χ1n) is 8.80. The van der Waals surface area contributed by atoms with Gasteiger partial charge in [0.25, 0.3) is 0 Å². The van der Waals surface area contributed by atoms with E-state index in [0.29, 0.717) is 18.4 Å². The van der Waals surface area contributed by atoms with Crippen LogP contribution in [0.4, 0.5) is 11.8 Å². The Morgan fingerprint density at radius 2 is 2.00 bits per heavy atom. The van der Waals surface area contributed by atoms with Crippen molar-refractivity contribution in [2.45, 2.75) is 45.2 Å². The number of aromatic nitrogens is 2. The number of nitrogens with one attached hydrogen (secondary N) is 2. The number of benzene rings is 1. The molecule has 0 radical (unpaired) electrons. The van der Waals surface area contributed by atoms with Gasteiger partial charge in [-0.05, 0) is 30.4 Å². The molecule has 6 heteroatoms. The van der Waals surface area contributed by atoms with Crippen LogP contribution in [0.2, 0.25) is 5.02 Å². The largest absolute Gasteiger partial charge is 0.394 e. The zero-order valence-electron chi connectivity index (χ0n) is 14.7. The molecule has 1 aliphatic rings. The van der Waals surface area contributed by atoms with Gasteiger partial charge in [-0.3, -0.25) is 0 Å². The summed E-state index contributed by atoms with van der Waals surface area (Å²) in [5, 5.41) is 16.9. The zero-order valence-corrected chi connectivity index (χ0v) is 15.4. The van der Waals surface area contributed by atoms with Gasteiger partial charge in [0, 0.05) is 23.6 Å². The van der Waals surface area contributed by atoms with Crippen molar-refractivity contribution in [3.8, 4) is 0 Å². The number of aliphatic hydroxyl groups excluding tert-OH is 1. The molecule has 0 saturated heterocycles. The van der Waals surface area contributed by atoms with Gasteiger partial charge in [0.1, 0.15) is 5.82 Å². The molecule has 2 aromatic rings. The molecule has 1 aliphatic carbocycles. The molecule has 3 rings (SSSR count). The van der Waals surface area contributed by atoms with E-state index in [0.717, 1.165) is 22.1 Å². The zero-order chi connectivity index (χ0) is 17.8. The van der Waals surface area contributed by atoms with Crippen LogP contribution in [0, 0.1) is 5.92 Å². The molecule has 1 heterocycles. The van der Waals surface area contributed by atoms with Crippen LogP contribution in [0.5, 0.6) is 0 Å². The highest BCUT2D eigenvalue weighted by Crippen LogP contribution is 2.40. The van der Waals surface area contributed by atoms with Crippen LogP contribution in [0.25, 0.3) is 0 Å². The topological polar surface area (TPSA) is 70.1 Å². The predicted octanol–water partition coefficient (Wildman–Crippen LogP) is 4.05. The fourth-order valence-corrected chi connectivity index (χ4v) is 2.83. The molecule has 0 aliphatic heterocycles. The minimum Gasteiger partial charge on any atom is -0.394 e. The summed E-state index contributed by atoms with van der Waals surface area (Å²) in [6, 6.07) is 9.73. The van der Waals surface area contributed by atoms with Crippen LogP contribution >= 0.6 is 11.6 Å². The van der Waals surface area contributed by atoms with E-state index in [2.05, 4.69) is 34.4 Å². The standard InChI is InChI=1S/C19H25ClN4O/c1-12(2)17(11-25)23-19-22-16(13-7-8-13)9-18(24-19)21-10-14-5-3-4-6-15(14)20/h3-6,9,12-13,17,25H,7-8,10-11H2,1-2H3,(H2,21,22,23,24)/t17-/m1/s1. The molecule has 3 N–H and O–H groups in total. The first-order chi connectivity index (χ1) is 12.1. The number of rotatable bonds is 8. The molecule has 0 spiro atoms. The van der Waals surface area contributed by atoms with Crippen LogP contribution in [-0.2, 0) is 6.54 Å². The molecule has 25 heavy (non-hydrogen) atoms. The summed E-state index contributed by atoms with van der Waals surface area (Å²) < 4.78 is 0. The van der Waals surface area contributed by atoms with Crippen molar-refractivity contribution >= 4 is 23.4 Å². The second kappa shape index (κ2) is 8.02. The summed E-state index contributed by atoms with van der Waals surface area (Å²) >= 11 is 6.22. The highest BCUT2D eigenvalue weighted by atomic mass is 35.5. The third kappa shape index (κ3) is 4.83. The monoisotopic (exact) mass is 360 g/mol. The van der Waals surface area contributed by atoms with E-state index in [4.69, 9.17) is 11.6 Å². The maximum absolute atomic E-state index is 9.55. The Hall–Kier alpha value is -1.85. The van der Waals surface area contributed by atoms with Crippen LogP contribution in [0.3, 0.4) is 0 Å². The Morgan fingerprint density at radius 1 is 1.24 bits per heavy atom. The van der Waals surface area contributed by atoms with Crippen molar-refractivity contribution in [3.63, 3.8) is 0 Å². The van der Waals surface area contributed by atoms with Crippen molar-refractivity contribution in [1.29, 1.82) is 0 Å². The van der Waals surface area contributed by atoms with Gasteiger partial charge in [0.05, 0.1) is 18.3 Å². The summed E-state index contributed by atoms with van der Waals surface area (Å²) in [4.78, 5) is 9.21. The predicted molar refractivity (Wildman–Crippen MR) is 102 cm³/mol. The number of aliphatic hydroxyl groups is 1. The maximum Gasteiger partial charge on any atom is 0.225 e. The maximum atomic E-state index is 9.55. The Balaban J connectivity index is 1.77. The molecule has 1 atom stereocenters.